The second-order valence-electron chi connectivity index (χ2n) is 5.47. The largest absolute Gasteiger partial charge is 0.469 e. The van der Waals surface area contributed by atoms with Crippen molar-refractivity contribution in [1.29, 1.82) is 0 Å². The molecule has 0 unspecified atom stereocenters. The lowest BCUT2D eigenvalue weighted by molar-refractivity contribution is -0.147. The SMILES string of the molecule is COC(=O)[C@@H]1CCN(C(=O)OC)[C@H](CN2CCOCC2)C1. The highest BCUT2D eigenvalue weighted by Gasteiger charge is 2.36. The van der Waals surface area contributed by atoms with Crippen molar-refractivity contribution in [3.05, 3.63) is 0 Å². The van der Waals surface area contributed by atoms with Crippen LogP contribution in [-0.4, -0.2) is 81.5 Å². The summed E-state index contributed by atoms with van der Waals surface area (Å²) in [4.78, 5) is 27.7. The predicted octanol–water partition coefficient (Wildman–Crippen LogP) is 0.339. The first-order chi connectivity index (χ1) is 10.2. The third-order valence-electron chi connectivity index (χ3n) is 4.23. The molecular formula is C14H24N2O5. The van der Waals surface area contributed by atoms with Crippen LogP contribution in [0.5, 0.6) is 0 Å². The normalized spacial score (nSPS) is 27.2. The quantitative estimate of drug-likeness (QED) is 0.700. The molecule has 0 aromatic carbocycles. The molecule has 2 fully saturated rings. The number of likely N-dealkylation sites (tertiary alicyclic amines) is 1. The molecule has 0 saturated carbocycles. The van der Waals surface area contributed by atoms with Gasteiger partial charge in [-0.25, -0.2) is 4.79 Å². The molecule has 0 aliphatic carbocycles. The lowest BCUT2D eigenvalue weighted by Crippen LogP contribution is -2.53. The Kier molecular flexibility index (Phi) is 5.81. The van der Waals surface area contributed by atoms with Crippen LogP contribution in [0.3, 0.4) is 0 Å². The maximum Gasteiger partial charge on any atom is 0.409 e. The summed E-state index contributed by atoms with van der Waals surface area (Å²) in [6.07, 6.45) is 0.928. The van der Waals surface area contributed by atoms with Crippen LogP contribution in [0.4, 0.5) is 4.79 Å². The zero-order valence-corrected chi connectivity index (χ0v) is 12.7. The van der Waals surface area contributed by atoms with Crippen molar-refractivity contribution in [3.8, 4) is 0 Å². The van der Waals surface area contributed by atoms with Crippen molar-refractivity contribution in [2.24, 2.45) is 5.92 Å². The summed E-state index contributed by atoms with van der Waals surface area (Å²) in [6, 6.07) is -0.0200. The molecule has 2 aliphatic heterocycles. The molecule has 0 radical (unpaired) electrons. The van der Waals surface area contributed by atoms with Gasteiger partial charge in [0.2, 0.25) is 0 Å². The number of carbonyl (C=O) groups is 2. The maximum atomic E-state index is 11.9. The fraction of sp³-hybridized carbons (Fsp3) is 0.857. The summed E-state index contributed by atoms with van der Waals surface area (Å²) >= 11 is 0. The minimum Gasteiger partial charge on any atom is -0.469 e. The number of carbonyl (C=O) groups excluding carboxylic acids is 2. The van der Waals surface area contributed by atoms with Crippen molar-refractivity contribution in [2.45, 2.75) is 18.9 Å². The van der Waals surface area contributed by atoms with Crippen molar-refractivity contribution < 1.29 is 23.8 Å². The number of methoxy groups -OCH3 is 2. The van der Waals surface area contributed by atoms with Gasteiger partial charge in [-0.15, -0.1) is 0 Å². The van der Waals surface area contributed by atoms with Gasteiger partial charge in [-0.1, -0.05) is 0 Å². The van der Waals surface area contributed by atoms with Gasteiger partial charge in [0.05, 0.1) is 33.4 Å². The number of piperidine rings is 1. The molecule has 2 rings (SSSR count). The molecule has 0 aromatic rings. The third-order valence-corrected chi connectivity index (χ3v) is 4.23. The molecule has 2 saturated heterocycles. The van der Waals surface area contributed by atoms with Crippen molar-refractivity contribution >= 4 is 12.1 Å². The monoisotopic (exact) mass is 300 g/mol. The molecule has 2 aliphatic rings. The number of nitrogens with zero attached hydrogens (tertiary/aromatic N) is 2. The van der Waals surface area contributed by atoms with Crippen LogP contribution in [0.25, 0.3) is 0 Å². The summed E-state index contributed by atoms with van der Waals surface area (Å²) in [7, 11) is 2.80. The van der Waals surface area contributed by atoms with Crippen LogP contribution < -0.4 is 0 Å². The summed E-state index contributed by atoms with van der Waals surface area (Å²) in [5, 5.41) is 0. The van der Waals surface area contributed by atoms with Crippen molar-refractivity contribution in [1.82, 2.24) is 9.80 Å². The number of esters is 1. The van der Waals surface area contributed by atoms with Crippen LogP contribution in [0.15, 0.2) is 0 Å². The molecule has 0 aromatic heterocycles. The van der Waals surface area contributed by atoms with E-state index in [1.54, 1.807) is 4.90 Å². The van der Waals surface area contributed by atoms with Gasteiger partial charge in [-0.2, -0.15) is 0 Å². The Morgan fingerprint density at radius 2 is 1.86 bits per heavy atom. The minimum atomic E-state index is -0.323. The van der Waals surface area contributed by atoms with Gasteiger partial charge < -0.3 is 19.1 Å². The molecule has 0 bridgehead atoms. The van der Waals surface area contributed by atoms with Crippen LogP contribution in [0, 0.1) is 5.92 Å². The van der Waals surface area contributed by atoms with Gasteiger partial charge in [0.1, 0.15) is 0 Å². The summed E-state index contributed by atoms with van der Waals surface area (Å²) < 4.78 is 15.0. The Morgan fingerprint density at radius 3 is 2.48 bits per heavy atom. The first-order valence-corrected chi connectivity index (χ1v) is 7.38. The van der Waals surface area contributed by atoms with E-state index in [2.05, 4.69) is 4.90 Å². The van der Waals surface area contributed by atoms with E-state index < -0.39 is 0 Å². The van der Waals surface area contributed by atoms with E-state index in [0.717, 1.165) is 19.6 Å². The van der Waals surface area contributed by atoms with Crippen molar-refractivity contribution in [3.63, 3.8) is 0 Å². The first-order valence-electron chi connectivity index (χ1n) is 7.38. The first kappa shape index (κ1) is 16.0. The number of morpholine rings is 1. The van der Waals surface area contributed by atoms with E-state index in [1.165, 1.54) is 14.2 Å². The highest BCUT2D eigenvalue weighted by Crippen LogP contribution is 2.25. The van der Waals surface area contributed by atoms with E-state index in [-0.39, 0.29) is 24.0 Å². The maximum absolute atomic E-state index is 11.9. The lowest BCUT2D eigenvalue weighted by atomic mass is 9.90. The second-order valence-corrected chi connectivity index (χ2v) is 5.47. The molecule has 1 amide bonds. The topological polar surface area (TPSA) is 68.3 Å². The highest BCUT2D eigenvalue weighted by molar-refractivity contribution is 5.73. The fourth-order valence-corrected chi connectivity index (χ4v) is 3.04. The second kappa shape index (κ2) is 7.61. The van der Waals surface area contributed by atoms with E-state index in [1.807, 2.05) is 0 Å². The molecule has 7 heteroatoms. The lowest BCUT2D eigenvalue weighted by Gasteiger charge is -2.40. The Morgan fingerprint density at radius 1 is 1.14 bits per heavy atom. The molecule has 0 N–H and O–H groups in total. The number of amides is 1. The average Bonchev–Trinajstić information content (AvgIpc) is 2.54. The van der Waals surface area contributed by atoms with E-state index in [4.69, 9.17) is 14.2 Å². The Labute approximate surface area is 125 Å². The van der Waals surface area contributed by atoms with E-state index >= 15 is 0 Å². The Hall–Kier alpha value is -1.34. The molecule has 7 nitrogen and oxygen atoms in total. The predicted molar refractivity (Wildman–Crippen MR) is 74.9 cm³/mol. The number of hydrogen-bond donors (Lipinski definition) is 0. The van der Waals surface area contributed by atoms with Gasteiger partial charge in [0.25, 0.3) is 0 Å². The summed E-state index contributed by atoms with van der Waals surface area (Å²) in [6.45, 7) is 4.41. The summed E-state index contributed by atoms with van der Waals surface area (Å²) in [5.41, 5.74) is 0. The van der Waals surface area contributed by atoms with Crippen LogP contribution >= 0.6 is 0 Å². The Balaban J connectivity index is 2.01. The van der Waals surface area contributed by atoms with Crippen LogP contribution in [0.2, 0.25) is 0 Å². The number of hydrogen-bond acceptors (Lipinski definition) is 6. The van der Waals surface area contributed by atoms with E-state index in [0.29, 0.717) is 32.6 Å². The smallest absolute Gasteiger partial charge is 0.409 e. The fourth-order valence-electron chi connectivity index (χ4n) is 3.04. The van der Waals surface area contributed by atoms with Gasteiger partial charge in [0, 0.05) is 32.2 Å². The zero-order valence-electron chi connectivity index (χ0n) is 12.7. The standard InChI is InChI=1S/C14H24N2O5/c1-19-13(17)11-3-4-16(14(18)20-2)12(9-11)10-15-5-7-21-8-6-15/h11-12H,3-10H2,1-2H3/t11-,12+/m1/s1. The molecule has 2 atom stereocenters. The van der Waals surface area contributed by atoms with Crippen molar-refractivity contribution in [2.75, 3.05) is 53.6 Å². The minimum absolute atomic E-state index is 0.0200. The van der Waals surface area contributed by atoms with Crippen LogP contribution in [0.1, 0.15) is 12.8 Å². The Bertz CT molecular complexity index is 370. The van der Waals surface area contributed by atoms with Gasteiger partial charge in [-0.05, 0) is 12.8 Å². The van der Waals surface area contributed by atoms with Gasteiger partial charge in [-0.3, -0.25) is 9.69 Å². The molecule has 120 valence electrons. The molecular weight excluding hydrogens is 276 g/mol. The number of ether oxygens (including phenoxy) is 3. The molecule has 2 heterocycles. The zero-order chi connectivity index (χ0) is 15.2. The highest BCUT2D eigenvalue weighted by atomic mass is 16.5. The van der Waals surface area contributed by atoms with Gasteiger partial charge >= 0.3 is 12.1 Å². The van der Waals surface area contributed by atoms with Gasteiger partial charge in [0.15, 0.2) is 0 Å². The molecule has 0 spiro atoms. The third kappa shape index (κ3) is 4.07. The molecule has 21 heavy (non-hydrogen) atoms. The average molecular weight is 300 g/mol. The van der Waals surface area contributed by atoms with Crippen LogP contribution in [-0.2, 0) is 19.0 Å². The summed E-state index contributed by atoms with van der Waals surface area (Å²) in [5.74, 6) is -0.326. The van der Waals surface area contributed by atoms with E-state index in [9.17, 15) is 9.59 Å². The number of rotatable bonds is 3.